The summed E-state index contributed by atoms with van der Waals surface area (Å²) in [5, 5.41) is 13.2. The zero-order chi connectivity index (χ0) is 11.3. The Morgan fingerprint density at radius 1 is 1.47 bits per heavy atom. The van der Waals surface area contributed by atoms with E-state index in [-0.39, 0.29) is 10.7 Å². The van der Waals surface area contributed by atoms with E-state index in [0.29, 0.717) is 13.1 Å². The van der Waals surface area contributed by atoms with Crippen LogP contribution in [-0.4, -0.2) is 17.5 Å². The summed E-state index contributed by atoms with van der Waals surface area (Å²) in [5.74, 6) is -0.280. The van der Waals surface area contributed by atoms with E-state index >= 15 is 0 Å². The van der Waals surface area contributed by atoms with Gasteiger partial charge in [0.05, 0.1) is 6.54 Å². The average Bonchev–Trinajstić information content (AvgIpc) is 2.20. The van der Waals surface area contributed by atoms with Crippen LogP contribution >= 0.6 is 0 Å². The second kappa shape index (κ2) is 5.41. The predicted octanol–water partition coefficient (Wildman–Crippen LogP) is 1.58. The van der Waals surface area contributed by atoms with E-state index in [2.05, 4.69) is 5.32 Å². The summed E-state index contributed by atoms with van der Waals surface area (Å²) in [6, 6.07) is 5.44. The van der Waals surface area contributed by atoms with Crippen LogP contribution in [0, 0.1) is 15.9 Å². The molecule has 1 N–H and O–H groups in total. The van der Waals surface area contributed by atoms with Gasteiger partial charge in [0.15, 0.2) is 0 Å². The van der Waals surface area contributed by atoms with E-state index in [4.69, 9.17) is 0 Å². The lowest BCUT2D eigenvalue weighted by atomic mass is 10.2. The van der Waals surface area contributed by atoms with E-state index in [1.165, 1.54) is 19.1 Å². The quantitative estimate of drug-likeness (QED) is 0.595. The summed E-state index contributed by atoms with van der Waals surface area (Å²) in [5.41, 5.74) is 0.909. The van der Waals surface area contributed by atoms with Crippen LogP contribution < -0.4 is 5.32 Å². The predicted molar refractivity (Wildman–Crippen MR) is 54.6 cm³/mol. The third-order valence-electron chi connectivity index (χ3n) is 2.04. The van der Waals surface area contributed by atoms with Gasteiger partial charge in [-0.1, -0.05) is 12.1 Å². The van der Waals surface area contributed by atoms with Crippen molar-refractivity contribution in [3.05, 3.63) is 45.8 Å². The molecule has 4 nitrogen and oxygen atoms in total. The van der Waals surface area contributed by atoms with Gasteiger partial charge in [-0.05, 0) is 17.7 Å². The fourth-order valence-electron chi connectivity index (χ4n) is 1.10. The Balaban J connectivity index is 2.32. The number of benzene rings is 1. The van der Waals surface area contributed by atoms with Gasteiger partial charge in [-0.15, -0.1) is 0 Å². The van der Waals surface area contributed by atoms with Gasteiger partial charge in [0.1, 0.15) is 5.82 Å². The smallest absolute Gasteiger partial charge is 0.222 e. The molecule has 1 atom stereocenters. The zero-order valence-electron chi connectivity index (χ0n) is 8.44. The maximum atomic E-state index is 12.5. The molecule has 0 spiro atoms. The lowest BCUT2D eigenvalue weighted by Crippen LogP contribution is -2.30. The number of hydrogen-bond acceptors (Lipinski definition) is 3. The molecule has 1 aromatic rings. The van der Waals surface area contributed by atoms with Crippen LogP contribution in [0.2, 0.25) is 0 Å². The van der Waals surface area contributed by atoms with E-state index in [1.54, 1.807) is 12.1 Å². The minimum Gasteiger partial charge on any atom is -0.306 e. The largest absolute Gasteiger partial charge is 0.306 e. The van der Waals surface area contributed by atoms with Crippen molar-refractivity contribution in [1.29, 1.82) is 0 Å². The molecule has 5 heteroatoms. The number of nitro groups is 1. The van der Waals surface area contributed by atoms with Crippen molar-refractivity contribution in [2.45, 2.75) is 19.5 Å². The highest BCUT2D eigenvalue weighted by molar-refractivity contribution is 5.15. The molecule has 0 aliphatic heterocycles. The molecule has 0 bridgehead atoms. The Labute approximate surface area is 87.3 Å². The fraction of sp³-hybridized carbons (Fsp3) is 0.400. The van der Waals surface area contributed by atoms with Crippen LogP contribution in [0.5, 0.6) is 0 Å². The molecule has 82 valence electrons. The molecule has 1 unspecified atom stereocenters. The van der Waals surface area contributed by atoms with Gasteiger partial charge in [-0.25, -0.2) is 4.39 Å². The highest BCUT2D eigenvalue weighted by atomic mass is 19.1. The first-order valence-electron chi connectivity index (χ1n) is 4.68. The molecule has 0 aliphatic carbocycles. The Hall–Kier alpha value is -1.49. The maximum absolute atomic E-state index is 12.5. The molecular formula is C10H13FN2O2. The first kappa shape index (κ1) is 11.6. The number of rotatable bonds is 5. The maximum Gasteiger partial charge on any atom is 0.222 e. The zero-order valence-corrected chi connectivity index (χ0v) is 8.44. The topological polar surface area (TPSA) is 55.2 Å². The molecule has 15 heavy (non-hydrogen) atoms. The van der Waals surface area contributed by atoms with E-state index in [0.717, 1.165) is 5.56 Å². The Kier molecular flexibility index (Phi) is 4.17. The number of nitrogens with zero attached hydrogens (tertiary/aromatic N) is 1. The van der Waals surface area contributed by atoms with Crippen molar-refractivity contribution in [3.63, 3.8) is 0 Å². The molecule has 1 aromatic carbocycles. The van der Waals surface area contributed by atoms with Gasteiger partial charge in [0.2, 0.25) is 6.04 Å². The molecule has 0 radical (unpaired) electrons. The molecular weight excluding hydrogens is 199 g/mol. The second-order valence-electron chi connectivity index (χ2n) is 3.39. The van der Waals surface area contributed by atoms with E-state index in [1.807, 2.05) is 0 Å². The summed E-state index contributed by atoms with van der Waals surface area (Å²) in [4.78, 5) is 9.97. The molecule has 0 fully saturated rings. The van der Waals surface area contributed by atoms with Crippen LogP contribution in [0.1, 0.15) is 12.5 Å². The SMILES string of the molecule is CC(CNCc1ccc(F)cc1)[N+](=O)[O-]. The minimum atomic E-state index is -0.606. The standard InChI is InChI=1S/C10H13FN2O2/c1-8(13(14)15)6-12-7-9-2-4-10(11)5-3-9/h2-5,8,12H,6-7H2,1H3. The summed E-state index contributed by atoms with van der Waals surface area (Å²) in [6.45, 7) is 2.36. The molecule has 0 aromatic heterocycles. The normalized spacial score (nSPS) is 12.4. The minimum absolute atomic E-state index is 0.280. The highest BCUT2D eigenvalue weighted by Crippen LogP contribution is 2.01. The number of halogens is 1. The van der Waals surface area contributed by atoms with Crippen molar-refractivity contribution in [2.75, 3.05) is 6.54 Å². The molecule has 0 saturated heterocycles. The van der Waals surface area contributed by atoms with Gasteiger partial charge >= 0.3 is 0 Å². The number of hydrogen-bond donors (Lipinski definition) is 1. The number of nitrogens with one attached hydrogen (secondary N) is 1. The third-order valence-corrected chi connectivity index (χ3v) is 2.04. The van der Waals surface area contributed by atoms with Gasteiger partial charge in [0.25, 0.3) is 0 Å². The summed E-state index contributed by atoms with van der Waals surface area (Å²) >= 11 is 0. The highest BCUT2D eigenvalue weighted by Gasteiger charge is 2.10. The first-order valence-corrected chi connectivity index (χ1v) is 4.68. The van der Waals surface area contributed by atoms with Gasteiger partial charge < -0.3 is 5.32 Å². The fourth-order valence-corrected chi connectivity index (χ4v) is 1.10. The van der Waals surface area contributed by atoms with E-state index < -0.39 is 6.04 Å². The summed E-state index contributed by atoms with van der Waals surface area (Å²) in [7, 11) is 0. The summed E-state index contributed by atoms with van der Waals surface area (Å²) in [6.07, 6.45) is 0. The van der Waals surface area contributed by atoms with Crippen LogP contribution in [0.15, 0.2) is 24.3 Å². The lowest BCUT2D eigenvalue weighted by Gasteiger charge is -2.06. The summed E-state index contributed by atoms with van der Waals surface area (Å²) < 4.78 is 12.5. The van der Waals surface area contributed by atoms with Crippen molar-refractivity contribution in [3.8, 4) is 0 Å². The van der Waals surface area contributed by atoms with Crippen LogP contribution in [0.3, 0.4) is 0 Å². The van der Waals surface area contributed by atoms with Crippen LogP contribution in [0.4, 0.5) is 4.39 Å². The Bertz CT molecular complexity index is 327. The van der Waals surface area contributed by atoms with Crippen molar-refractivity contribution >= 4 is 0 Å². The van der Waals surface area contributed by atoms with E-state index in [9.17, 15) is 14.5 Å². The molecule has 0 aliphatic rings. The monoisotopic (exact) mass is 212 g/mol. The first-order chi connectivity index (χ1) is 7.09. The molecule has 0 saturated carbocycles. The van der Waals surface area contributed by atoms with Crippen LogP contribution in [0.25, 0.3) is 0 Å². The second-order valence-corrected chi connectivity index (χ2v) is 3.39. The van der Waals surface area contributed by atoms with Crippen molar-refractivity contribution < 1.29 is 9.31 Å². The molecule has 0 heterocycles. The van der Waals surface area contributed by atoms with Gasteiger partial charge in [0, 0.05) is 18.4 Å². The Morgan fingerprint density at radius 3 is 2.60 bits per heavy atom. The van der Waals surface area contributed by atoms with Crippen molar-refractivity contribution in [2.24, 2.45) is 0 Å². The average molecular weight is 212 g/mol. The Morgan fingerprint density at radius 2 is 2.07 bits per heavy atom. The van der Waals surface area contributed by atoms with Crippen molar-refractivity contribution in [1.82, 2.24) is 5.32 Å². The van der Waals surface area contributed by atoms with Gasteiger partial charge in [-0.2, -0.15) is 0 Å². The van der Waals surface area contributed by atoms with Gasteiger partial charge in [-0.3, -0.25) is 10.1 Å². The lowest BCUT2D eigenvalue weighted by molar-refractivity contribution is -0.515. The third kappa shape index (κ3) is 4.03. The van der Waals surface area contributed by atoms with Crippen LogP contribution in [-0.2, 0) is 6.54 Å². The molecule has 1 rings (SSSR count). The molecule has 0 amide bonds.